The summed E-state index contributed by atoms with van der Waals surface area (Å²) in [4.78, 5) is 2.36. The number of anilines is 1. The fourth-order valence-electron chi connectivity index (χ4n) is 3.71. The van der Waals surface area contributed by atoms with Gasteiger partial charge in [0.15, 0.2) is 11.2 Å². The molecule has 2 heterocycles. The maximum Gasteiger partial charge on any atom is 0.254 e. The summed E-state index contributed by atoms with van der Waals surface area (Å²) in [5, 5.41) is 0. The van der Waals surface area contributed by atoms with Crippen molar-refractivity contribution in [3.63, 3.8) is 0 Å². The van der Waals surface area contributed by atoms with Gasteiger partial charge in [0.1, 0.15) is 11.4 Å². The molecule has 4 aromatic rings. The fourth-order valence-corrected chi connectivity index (χ4v) is 3.71. The molecule has 0 atom stereocenters. The van der Waals surface area contributed by atoms with Gasteiger partial charge in [0.25, 0.3) is 6.33 Å². The largest absolute Gasteiger partial charge is 1.00 e. The van der Waals surface area contributed by atoms with Gasteiger partial charge in [0.05, 0.1) is 13.3 Å². The molecule has 0 saturated carbocycles. The van der Waals surface area contributed by atoms with Gasteiger partial charge in [-0.25, -0.2) is 4.40 Å². The van der Waals surface area contributed by atoms with E-state index in [9.17, 15) is 0 Å². The van der Waals surface area contributed by atoms with Crippen molar-refractivity contribution >= 4 is 11.2 Å². The number of hydrogen-bond acceptors (Lipinski definition) is 2. The number of pyridine rings is 1. The lowest BCUT2D eigenvalue weighted by atomic mass is 10.1. The van der Waals surface area contributed by atoms with Crippen LogP contribution in [0.5, 0.6) is 5.75 Å². The number of rotatable bonds is 6. The summed E-state index contributed by atoms with van der Waals surface area (Å²) < 4.78 is 9.75. The van der Waals surface area contributed by atoms with Crippen molar-refractivity contribution in [1.82, 2.24) is 4.57 Å². The molecule has 0 aliphatic heterocycles. The van der Waals surface area contributed by atoms with Crippen LogP contribution in [0.4, 0.5) is 5.69 Å². The molecular formula is C24H26ClN3O. The van der Waals surface area contributed by atoms with E-state index in [1.807, 2.05) is 12.1 Å². The van der Waals surface area contributed by atoms with Crippen molar-refractivity contribution < 1.29 is 21.5 Å². The minimum Gasteiger partial charge on any atom is -1.00 e. The van der Waals surface area contributed by atoms with Gasteiger partial charge < -0.3 is 22.0 Å². The minimum absolute atomic E-state index is 0. The van der Waals surface area contributed by atoms with Crippen LogP contribution in [0.2, 0.25) is 0 Å². The lowest BCUT2D eigenvalue weighted by molar-refractivity contribution is -0.511. The van der Waals surface area contributed by atoms with Crippen LogP contribution in [-0.2, 0) is 0 Å². The number of ether oxygens (including phenoxy) is 1. The topological polar surface area (TPSA) is 21.5 Å². The van der Waals surface area contributed by atoms with E-state index in [1.165, 1.54) is 16.9 Å². The zero-order valence-corrected chi connectivity index (χ0v) is 17.8. The van der Waals surface area contributed by atoms with Gasteiger partial charge in [-0.3, -0.25) is 0 Å². The maximum absolute atomic E-state index is 5.33. The number of nitrogens with zero attached hydrogens (tertiary/aromatic N) is 3. The van der Waals surface area contributed by atoms with Gasteiger partial charge in [0.2, 0.25) is 0 Å². The molecule has 150 valence electrons. The molecule has 5 heteroatoms. The van der Waals surface area contributed by atoms with Crippen molar-refractivity contribution in [1.29, 1.82) is 0 Å². The molecule has 0 unspecified atom stereocenters. The standard InChI is InChI=1S/C24H26N3O.ClH/c1-4-25(5-2)20-11-13-21(14-12-20)27-18-26-17-7-6-8-23(26)24(27)19-9-15-22(28-3)16-10-19;/h6-18H,4-5H2,1-3H3;1H/q+1;/p-1. The quantitative estimate of drug-likeness (QED) is 0.454. The number of halogens is 1. The Morgan fingerprint density at radius 2 is 1.59 bits per heavy atom. The smallest absolute Gasteiger partial charge is 0.254 e. The molecule has 0 radical (unpaired) electrons. The molecule has 0 N–H and O–H groups in total. The highest BCUT2D eigenvalue weighted by atomic mass is 35.5. The molecule has 2 aromatic carbocycles. The summed E-state index contributed by atoms with van der Waals surface area (Å²) >= 11 is 0. The Labute approximate surface area is 178 Å². The Kier molecular flexibility index (Phi) is 6.45. The molecule has 0 bridgehead atoms. The van der Waals surface area contributed by atoms with E-state index in [4.69, 9.17) is 4.74 Å². The van der Waals surface area contributed by atoms with E-state index in [-0.39, 0.29) is 12.4 Å². The minimum atomic E-state index is 0. The van der Waals surface area contributed by atoms with Crippen molar-refractivity contribution in [2.75, 3.05) is 25.1 Å². The van der Waals surface area contributed by atoms with Gasteiger partial charge in [-0.05, 0) is 74.5 Å². The molecule has 0 aliphatic carbocycles. The van der Waals surface area contributed by atoms with E-state index in [1.54, 1.807) is 7.11 Å². The van der Waals surface area contributed by atoms with Crippen LogP contribution in [0.1, 0.15) is 13.8 Å². The Bertz CT molecular complexity index is 1070. The van der Waals surface area contributed by atoms with Gasteiger partial charge >= 0.3 is 0 Å². The number of methoxy groups -OCH3 is 1. The maximum atomic E-state index is 5.33. The summed E-state index contributed by atoms with van der Waals surface area (Å²) in [5.41, 5.74) is 5.89. The Morgan fingerprint density at radius 1 is 0.897 bits per heavy atom. The second-order valence-corrected chi connectivity index (χ2v) is 6.74. The first-order valence-corrected chi connectivity index (χ1v) is 9.76. The van der Waals surface area contributed by atoms with Gasteiger partial charge in [-0.15, -0.1) is 0 Å². The molecule has 0 aliphatic rings. The van der Waals surface area contributed by atoms with Crippen LogP contribution >= 0.6 is 0 Å². The molecule has 29 heavy (non-hydrogen) atoms. The molecule has 4 nitrogen and oxygen atoms in total. The predicted octanol–water partition coefficient (Wildman–Crippen LogP) is 1.74. The molecule has 2 aromatic heterocycles. The molecule has 0 spiro atoms. The lowest BCUT2D eigenvalue weighted by Crippen LogP contribution is -3.00. The summed E-state index contributed by atoms with van der Waals surface area (Å²) in [6.07, 6.45) is 4.23. The van der Waals surface area contributed by atoms with Crippen LogP contribution in [-0.4, -0.2) is 24.8 Å². The monoisotopic (exact) mass is 407 g/mol. The molecule has 0 fully saturated rings. The predicted molar refractivity (Wildman–Crippen MR) is 114 cm³/mol. The summed E-state index contributed by atoms with van der Waals surface area (Å²) in [6.45, 7) is 6.40. The Morgan fingerprint density at radius 3 is 2.21 bits per heavy atom. The summed E-state index contributed by atoms with van der Waals surface area (Å²) in [6, 6.07) is 23.3. The Balaban J connectivity index is 0.00000240. The highest BCUT2D eigenvalue weighted by Crippen LogP contribution is 2.29. The average Bonchev–Trinajstić information content (AvgIpc) is 3.15. The van der Waals surface area contributed by atoms with E-state index >= 15 is 0 Å². The van der Waals surface area contributed by atoms with E-state index in [2.05, 4.69) is 94.8 Å². The third-order valence-electron chi connectivity index (χ3n) is 5.23. The van der Waals surface area contributed by atoms with Crippen molar-refractivity contribution in [3.05, 3.63) is 79.3 Å². The second kappa shape index (κ2) is 9.01. The van der Waals surface area contributed by atoms with Gasteiger partial charge in [-0.1, -0.05) is 6.07 Å². The third kappa shape index (κ3) is 3.94. The number of imidazole rings is 1. The van der Waals surface area contributed by atoms with E-state index < -0.39 is 0 Å². The first-order chi connectivity index (χ1) is 13.7. The first-order valence-electron chi connectivity index (χ1n) is 9.76. The number of aromatic nitrogens is 2. The third-order valence-corrected chi connectivity index (χ3v) is 5.23. The molecule has 0 amide bonds. The van der Waals surface area contributed by atoms with Crippen molar-refractivity contribution in [2.45, 2.75) is 13.8 Å². The van der Waals surface area contributed by atoms with Crippen molar-refractivity contribution in [2.24, 2.45) is 0 Å². The van der Waals surface area contributed by atoms with Crippen LogP contribution in [0.25, 0.3) is 22.5 Å². The number of fused-ring (bicyclic) bond motifs is 1. The number of benzene rings is 2. The zero-order chi connectivity index (χ0) is 19.5. The van der Waals surface area contributed by atoms with Crippen LogP contribution in [0.3, 0.4) is 0 Å². The fraction of sp³-hybridized carbons (Fsp3) is 0.208. The molecular weight excluding hydrogens is 382 g/mol. The molecule has 4 rings (SSSR count). The summed E-state index contributed by atoms with van der Waals surface area (Å²) in [7, 11) is 1.69. The highest BCUT2D eigenvalue weighted by molar-refractivity contribution is 5.76. The van der Waals surface area contributed by atoms with Gasteiger partial charge in [-0.2, -0.15) is 4.57 Å². The molecule has 0 saturated heterocycles. The highest BCUT2D eigenvalue weighted by Gasteiger charge is 2.21. The normalized spacial score (nSPS) is 10.6. The number of hydrogen-bond donors (Lipinski definition) is 0. The SMILES string of the molecule is CCN(CC)c1ccc(-n2c[n+]3ccccc3c2-c2ccc(OC)cc2)cc1.[Cl-]. The lowest BCUT2D eigenvalue weighted by Gasteiger charge is -2.20. The van der Waals surface area contributed by atoms with Gasteiger partial charge in [0, 0.05) is 24.3 Å². The summed E-state index contributed by atoms with van der Waals surface area (Å²) in [5.74, 6) is 0.863. The van der Waals surface area contributed by atoms with E-state index in [0.29, 0.717) is 0 Å². The van der Waals surface area contributed by atoms with Crippen LogP contribution in [0, 0.1) is 0 Å². The first kappa shape index (κ1) is 20.7. The second-order valence-electron chi connectivity index (χ2n) is 6.74. The van der Waals surface area contributed by atoms with Crippen LogP contribution < -0.4 is 26.4 Å². The van der Waals surface area contributed by atoms with E-state index in [0.717, 1.165) is 30.1 Å². The zero-order valence-electron chi connectivity index (χ0n) is 17.0. The van der Waals surface area contributed by atoms with Crippen molar-refractivity contribution in [3.8, 4) is 22.7 Å². The Hall–Kier alpha value is -2.98. The average molecular weight is 408 g/mol. The van der Waals surface area contributed by atoms with Crippen LogP contribution in [0.15, 0.2) is 79.3 Å².